The predicted molar refractivity (Wildman–Crippen MR) is 122 cm³/mol. The molecule has 0 aliphatic rings. The first-order chi connectivity index (χ1) is 15.1. The molecule has 2 aromatic carbocycles. The molecule has 172 valence electrons. The van der Waals surface area contributed by atoms with E-state index in [1.54, 1.807) is 24.3 Å². The minimum atomic E-state index is -3.72. The molecular formula is C24H29NO6S. The van der Waals surface area contributed by atoms with Crippen molar-refractivity contribution in [3.8, 4) is 5.75 Å². The maximum atomic E-state index is 13.1. The molecule has 0 atom stereocenters. The van der Waals surface area contributed by atoms with E-state index in [-0.39, 0.29) is 5.09 Å². The number of rotatable bonds is 11. The molecule has 0 spiro atoms. The Labute approximate surface area is 188 Å². The monoisotopic (exact) mass is 459 g/mol. The number of hydrogen-bond donors (Lipinski definition) is 1. The number of sulfonamides is 1. The van der Waals surface area contributed by atoms with Gasteiger partial charge < -0.3 is 14.3 Å². The fourth-order valence-corrected chi connectivity index (χ4v) is 4.85. The lowest BCUT2D eigenvalue weighted by Gasteiger charge is -2.21. The van der Waals surface area contributed by atoms with Gasteiger partial charge in [0.1, 0.15) is 11.3 Å². The first-order valence-corrected chi connectivity index (χ1v) is 12.1. The van der Waals surface area contributed by atoms with E-state index in [4.69, 9.17) is 9.15 Å². The molecule has 0 amide bonds. The van der Waals surface area contributed by atoms with Gasteiger partial charge in [-0.25, -0.2) is 13.2 Å². The van der Waals surface area contributed by atoms with Crippen molar-refractivity contribution in [3.05, 3.63) is 60.2 Å². The van der Waals surface area contributed by atoms with Crippen LogP contribution in [0.1, 0.15) is 39.2 Å². The van der Waals surface area contributed by atoms with Crippen LogP contribution in [-0.2, 0) is 21.2 Å². The number of carboxylic acids is 1. The van der Waals surface area contributed by atoms with Crippen LogP contribution in [0.15, 0.2) is 64.1 Å². The predicted octanol–water partition coefficient (Wildman–Crippen LogP) is 4.71. The first-order valence-electron chi connectivity index (χ1n) is 10.6. The zero-order chi connectivity index (χ0) is 23.4. The molecule has 0 radical (unpaired) electrons. The van der Waals surface area contributed by atoms with Crippen LogP contribution >= 0.6 is 0 Å². The summed E-state index contributed by atoms with van der Waals surface area (Å²) in [7, 11) is -3.72. The summed E-state index contributed by atoms with van der Waals surface area (Å²) in [5.74, 6) is -0.565. The molecular weight excluding hydrogens is 430 g/mol. The molecule has 0 unspecified atom stereocenters. The molecule has 3 aromatic rings. The maximum Gasteiger partial charge on any atom is 0.347 e. The number of ether oxygens (including phenoxy) is 1. The lowest BCUT2D eigenvalue weighted by Crippen LogP contribution is -2.37. The number of carboxylic acid groups (broad SMARTS) is 1. The smallest absolute Gasteiger partial charge is 0.347 e. The van der Waals surface area contributed by atoms with Crippen molar-refractivity contribution in [2.45, 2.75) is 50.7 Å². The second-order valence-electron chi connectivity index (χ2n) is 8.17. The Balaban J connectivity index is 1.64. The number of carbonyl (C=O) groups is 1. The Morgan fingerprint density at radius 2 is 1.78 bits per heavy atom. The Morgan fingerprint density at radius 3 is 2.41 bits per heavy atom. The first kappa shape index (κ1) is 23.8. The molecule has 0 aliphatic heterocycles. The number of fused-ring (bicyclic) bond motifs is 1. The van der Waals surface area contributed by atoms with Crippen molar-refractivity contribution < 1.29 is 27.5 Å². The van der Waals surface area contributed by atoms with Crippen LogP contribution in [0.2, 0.25) is 0 Å². The van der Waals surface area contributed by atoms with Crippen LogP contribution in [0.25, 0.3) is 11.0 Å². The van der Waals surface area contributed by atoms with Gasteiger partial charge in [0, 0.05) is 24.5 Å². The standard InChI is InChI=1S/C24H29NO6S/c1-4-15-25(32(28,29)22-17-19-9-5-6-10-21(19)30-22)16-7-8-18-11-13-20(14-12-18)31-24(2,3)23(26)27/h5-6,9-14,17H,4,7-8,15-16H2,1-3H3,(H,26,27). The summed E-state index contributed by atoms with van der Waals surface area (Å²) < 4.78 is 38.9. The molecule has 8 heteroatoms. The van der Waals surface area contributed by atoms with Crippen LogP contribution in [-0.4, -0.2) is 42.5 Å². The zero-order valence-corrected chi connectivity index (χ0v) is 19.4. The minimum absolute atomic E-state index is 0.0327. The third-order valence-electron chi connectivity index (χ3n) is 5.15. The van der Waals surface area contributed by atoms with Gasteiger partial charge in [0.15, 0.2) is 5.60 Å². The molecule has 0 saturated carbocycles. The van der Waals surface area contributed by atoms with Gasteiger partial charge in [-0.3, -0.25) is 0 Å². The maximum absolute atomic E-state index is 13.1. The highest BCUT2D eigenvalue weighted by Crippen LogP contribution is 2.26. The van der Waals surface area contributed by atoms with Gasteiger partial charge in [0.25, 0.3) is 10.0 Å². The summed E-state index contributed by atoms with van der Waals surface area (Å²) in [6.45, 7) is 5.72. The number of para-hydroxylation sites is 1. The molecule has 1 aromatic heterocycles. The highest BCUT2D eigenvalue weighted by molar-refractivity contribution is 7.89. The number of nitrogens with zero attached hydrogens (tertiary/aromatic N) is 1. The fraction of sp³-hybridized carbons (Fsp3) is 0.375. The molecule has 1 N–H and O–H groups in total. The Bertz CT molecular complexity index is 1130. The highest BCUT2D eigenvalue weighted by atomic mass is 32.2. The summed E-state index contributed by atoms with van der Waals surface area (Å²) >= 11 is 0. The van der Waals surface area contributed by atoms with Gasteiger partial charge >= 0.3 is 5.97 Å². The van der Waals surface area contributed by atoms with E-state index in [1.165, 1.54) is 18.2 Å². The van der Waals surface area contributed by atoms with Crippen LogP contribution in [0, 0.1) is 0 Å². The molecule has 7 nitrogen and oxygen atoms in total. The minimum Gasteiger partial charge on any atom is -0.478 e. The Kier molecular flexibility index (Phi) is 7.26. The van der Waals surface area contributed by atoms with E-state index in [0.29, 0.717) is 43.7 Å². The lowest BCUT2D eigenvalue weighted by molar-refractivity contribution is -0.152. The number of benzene rings is 2. The SMILES string of the molecule is CCCN(CCCc1ccc(OC(C)(C)C(=O)O)cc1)S(=O)(=O)c1cc2ccccc2o1. The van der Waals surface area contributed by atoms with Gasteiger partial charge in [-0.2, -0.15) is 4.31 Å². The third-order valence-corrected chi connectivity index (χ3v) is 6.91. The number of hydrogen-bond acceptors (Lipinski definition) is 5. The Morgan fingerprint density at radius 1 is 1.09 bits per heavy atom. The molecule has 0 saturated heterocycles. The van der Waals surface area contributed by atoms with Crippen molar-refractivity contribution in [2.75, 3.05) is 13.1 Å². The molecule has 1 heterocycles. The molecule has 0 bridgehead atoms. The summed E-state index contributed by atoms with van der Waals surface area (Å²) in [4.78, 5) is 11.2. The van der Waals surface area contributed by atoms with E-state index < -0.39 is 21.6 Å². The highest BCUT2D eigenvalue weighted by Gasteiger charge is 2.29. The molecule has 0 aliphatic carbocycles. The van der Waals surface area contributed by atoms with Crippen molar-refractivity contribution in [1.29, 1.82) is 0 Å². The number of aryl methyl sites for hydroxylation is 1. The largest absolute Gasteiger partial charge is 0.478 e. The van der Waals surface area contributed by atoms with E-state index in [0.717, 1.165) is 10.9 Å². The number of furan rings is 1. The summed E-state index contributed by atoms with van der Waals surface area (Å²) in [5, 5.41) is 9.90. The molecule has 3 rings (SSSR count). The van der Waals surface area contributed by atoms with Crippen molar-refractivity contribution in [3.63, 3.8) is 0 Å². The van der Waals surface area contributed by atoms with Crippen molar-refractivity contribution >= 4 is 27.0 Å². The second kappa shape index (κ2) is 9.75. The van der Waals surface area contributed by atoms with E-state index in [2.05, 4.69) is 0 Å². The normalized spacial score (nSPS) is 12.4. The van der Waals surface area contributed by atoms with Crippen molar-refractivity contribution in [2.24, 2.45) is 0 Å². The van der Waals surface area contributed by atoms with Gasteiger partial charge in [-0.15, -0.1) is 0 Å². The summed E-state index contributed by atoms with van der Waals surface area (Å²) in [6, 6.07) is 16.0. The summed E-state index contributed by atoms with van der Waals surface area (Å²) in [5.41, 5.74) is 0.256. The third kappa shape index (κ3) is 5.49. The zero-order valence-electron chi connectivity index (χ0n) is 18.6. The average molecular weight is 460 g/mol. The van der Waals surface area contributed by atoms with E-state index in [1.807, 2.05) is 37.3 Å². The van der Waals surface area contributed by atoms with E-state index >= 15 is 0 Å². The summed E-state index contributed by atoms with van der Waals surface area (Å²) in [6.07, 6.45) is 2.02. The van der Waals surface area contributed by atoms with Gasteiger partial charge in [0.2, 0.25) is 5.09 Å². The Hall–Kier alpha value is -2.84. The second-order valence-corrected chi connectivity index (χ2v) is 10.0. The lowest BCUT2D eigenvalue weighted by atomic mass is 10.1. The van der Waals surface area contributed by atoms with Crippen LogP contribution < -0.4 is 4.74 Å². The fourth-order valence-electron chi connectivity index (χ4n) is 3.34. The van der Waals surface area contributed by atoms with E-state index in [9.17, 15) is 18.3 Å². The van der Waals surface area contributed by atoms with Gasteiger partial charge in [-0.1, -0.05) is 37.3 Å². The van der Waals surface area contributed by atoms with Gasteiger partial charge in [-0.05, 0) is 56.9 Å². The average Bonchev–Trinajstić information content (AvgIpc) is 3.19. The van der Waals surface area contributed by atoms with Crippen LogP contribution in [0.3, 0.4) is 0 Å². The van der Waals surface area contributed by atoms with Gasteiger partial charge in [0.05, 0.1) is 0 Å². The quantitative estimate of drug-likeness (QED) is 0.446. The van der Waals surface area contributed by atoms with Crippen LogP contribution in [0.4, 0.5) is 0 Å². The topological polar surface area (TPSA) is 97.0 Å². The molecule has 0 fully saturated rings. The van der Waals surface area contributed by atoms with Crippen molar-refractivity contribution in [1.82, 2.24) is 4.31 Å². The van der Waals surface area contributed by atoms with Crippen LogP contribution in [0.5, 0.6) is 5.75 Å². The number of aliphatic carboxylic acids is 1. The molecule has 32 heavy (non-hydrogen) atoms.